The summed E-state index contributed by atoms with van der Waals surface area (Å²) in [6, 6.07) is 22.6. The summed E-state index contributed by atoms with van der Waals surface area (Å²) in [6.07, 6.45) is 0. The molecular formula is C22H23ClN2O3S2. The summed E-state index contributed by atoms with van der Waals surface area (Å²) in [7, 11) is -2.38. The molecule has 0 aliphatic rings. The molecule has 1 atom stereocenters. The van der Waals surface area contributed by atoms with Gasteiger partial charge in [-0.2, -0.15) is 4.31 Å². The van der Waals surface area contributed by atoms with Crippen LogP contribution in [-0.2, 0) is 14.8 Å². The van der Waals surface area contributed by atoms with Gasteiger partial charge in [-0.25, -0.2) is 8.42 Å². The highest BCUT2D eigenvalue weighted by molar-refractivity contribution is 7.91. The van der Waals surface area contributed by atoms with Crippen molar-refractivity contribution in [2.75, 3.05) is 13.6 Å². The summed E-state index contributed by atoms with van der Waals surface area (Å²) in [4.78, 5) is 12.7. The van der Waals surface area contributed by atoms with E-state index in [1.807, 2.05) is 67.6 Å². The number of thiophene rings is 1. The molecule has 0 bridgehead atoms. The number of likely N-dealkylation sites (N-methyl/N-ethyl adjacent to an activating group) is 1. The molecule has 1 N–H and O–H groups in total. The maximum absolute atomic E-state index is 12.7. The average molecular weight is 463 g/mol. The average Bonchev–Trinajstić information content (AvgIpc) is 3.17. The molecule has 0 aliphatic carbocycles. The fourth-order valence-electron chi connectivity index (χ4n) is 3.35. The van der Waals surface area contributed by atoms with Gasteiger partial charge < -0.3 is 5.32 Å². The third kappa shape index (κ3) is 5.29. The van der Waals surface area contributed by atoms with E-state index in [0.29, 0.717) is 4.34 Å². The van der Waals surface area contributed by atoms with Gasteiger partial charge in [0.1, 0.15) is 4.21 Å². The minimum absolute atomic E-state index is 0.0608. The first-order chi connectivity index (χ1) is 14.3. The number of nitrogens with zero attached hydrogens (tertiary/aromatic N) is 1. The van der Waals surface area contributed by atoms with Crippen LogP contribution in [0.4, 0.5) is 0 Å². The van der Waals surface area contributed by atoms with E-state index in [4.69, 9.17) is 11.6 Å². The number of halogens is 1. The third-order valence-electron chi connectivity index (χ3n) is 4.79. The van der Waals surface area contributed by atoms with Gasteiger partial charge in [-0.15, -0.1) is 11.3 Å². The van der Waals surface area contributed by atoms with E-state index < -0.39 is 10.0 Å². The van der Waals surface area contributed by atoms with Gasteiger partial charge >= 0.3 is 0 Å². The summed E-state index contributed by atoms with van der Waals surface area (Å²) in [5.41, 5.74) is 2.15. The lowest BCUT2D eigenvalue weighted by molar-refractivity contribution is -0.121. The monoisotopic (exact) mass is 462 g/mol. The number of amides is 1. The smallest absolute Gasteiger partial charge is 0.252 e. The maximum Gasteiger partial charge on any atom is 0.252 e. The number of rotatable bonds is 8. The fourth-order valence-corrected chi connectivity index (χ4v) is 6.17. The van der Waals surface area contributed by atoms with Gasteiger partial charge in [-0.05, 0) is 30.2 Å². The zero-order valence-electron chi connectivity index (χ0n) is 16.7. The number of sulfonamides is 1. The number of benzene rings is 2. The molecule has 0 aliphatic heterocycles. The highest BCUT2D eigenvalue weighted by atomic mass is 35.5. The van der Waals surface area contributed by atoms with Crippen molar-refractivity contribution >= 4 is 38.9 Å². The molecule has 1 aromatic heterocycles. The Labute approximate surface area is 186 Å². The van der Waals surface area contributed by atoms with E-state index in [1.165, 1.54) is 19.2 Å². The minimum atomic E-state index is -3.77. The Morgan fingerprint density at radius 1 is 1.00 bits per heavy atom. The van der Waals surface area contributed by atoms with Gasteiger partial charge in [-0.3, -0.25) is 4.79 Å². The molecule has 5 nitrogen and oxygen atoms in total. The zero-order valence-corrected chi connectivity index (χ0v) is 19.0. The summed E-state index contributed by atoms with van der Waals surface area (Å²) in [5.74, 6) is -0.428. The largest absolute Gasteiger partial charge is 0.352 e. The highest BCUT2D eigenvalue weighted by Crippen LogP contribution is 2.29. The molecule has 8 heteroatoms. The van der Waals surface area contributed by atoms with Crippen LogP contribution in [0.2, 0.25) is 4.34 Å². The molecule has 3 rings (SSSR count). The molecule has 1 amide bonds. The zero-order chi connectivity index (χ0) is 21.7. The van der Waals surface area contributed by atoms with Gasteiger partial charge in [0.25, 0.3) is 10.0 Å². The van der Waals surface area contributed by atoms with Crippen LogP contribution in [0.5, 0.6) is 0 Å². The van der Waals surface area contributed by atoms with E-state index >= 15 is 0 Å². The Morgan fingerprint density at radius 2 is 1.53 bits per heavy atom. The lowest BCUT2D eigenvalue weighted by Gasteiger charge is -2.27. The van der Waals surface area contributed by atoms with E-state index in [2.05, 4.69) is 5.32 Å². The second-order valence-electron chi connectivity index (χ2n) is 6.97. The summed E-state index contributed by atoms with van der Waals surface area (Å²) >= 11 is 6.82. The van der Waals surface area contributed by atoms with Crippen molar-refractivity contribution in [1.29, 1.82) is 0 Å². The quantitative estimate of drug-likeness (QED) is 0.541. The maximum atomic E-state index is 12.7. The van der Waals surface area contributed by atoms with Crippen molar-refractivity contribution in [1.82, 2.24) is 9.62 Å². The van der Waals surface area contributed by atoms with Gasteiger partial charge in [0, 0.05) is 19.0 Å². The molecule has 0 fully saturated rings. The molecular weight excluding hydrogens is 440 g/mol. The minimum Gasteiger partial charge on any atom is -0.352 e. The number of nitrogens with one attached hydrogen (secondary N) is 1. The standard InChI is InChI=1S/C22H23ClN2O3S2/c1-16(22(17-9-5-3-6-10-17)18-11-7-4-8-12-18)24-20(26)15-25(2)30(27,28)21-14-13-19(23)29-21/h3-14,16,22H,15H2,1-2H3,(H,24,26). The predicted octanol–water partition coefficient (Wildman–Crippen LogP) is 4.36. The fraction of sp³-hybridized carbons (Fsp3) is 0.227. The molecule has 158 valence electrons. The van der Waals surface area contributed by atoms with Crippen LogP contribution in [0.3, 0.4) is 0 Å². The molecule has 1 unspecified atom stereocenters. The van der Waals surface area contributed by atoms with Crippen LogP contribution in [0.25, 0.3) is 0 Å². The summed E-state index contributed by atoms with van der Waals surface area (Å²) in [6.45, 7) is 1.65. The molecule has 1 heterocycles. The van der Waals surface area contributed by atoms with E-state index in [1.54, 1.807) is 0 Å². The molecule has 3 aromatic rings. The van der Waals surface area contributed by atoms with Crippen LogP contribution in [0.1, 0.15) is 24.0 Å². The Balaban J connectivity index is 1.74. The molecule has 0 radical (unpaired) electrons. The first kappa shape index (κ1) is 22.5. The molecule has 2 aromatic carbocycles. The summed E-state index contributed by atoms with van der Waals surface area (Å²) < 4.78 is 26.8. The van der Waals surface area contributed by atoms with Gasteiger partial charge in [0.05, 0.1) is 10.9 Å². The van der Waals surface area contributed by atoms with Crippen molar-refractivity contribution in [3.8, 4) is 0 Å². The summed E-state index contributed by atoms with van der Waals surface area (Å²) in [5, 5.41) is 2.97. The van der Waals surface area contributed by atoms with Crippen molar-refractivity contribution in [3.63, 3.8) is 0 Å². The van der Waals surface area contributed by atoms with Crippen LogP contribution in [0.15, 0.2) is 77.0 Å². The van der Waals surface area contributed by atoms with Crippen LogP contribution >= 0.6 is 22.9 Å². The van der Waals surface area contributed by atoms with Gasteiger partial charge in [0.2, 0.25) is 5.91 Å². The second kappa shape index (κ2) is 9.75. The Hall–Kier alpha value is -2.19. The molecule has 0 saturated carbocycles. The number of carbonyl (C=O) groups is 1. The highest BCUT2D eigenvalue weighted by Gasteiger charge is 2.27. The molecule has 0 saturated heterocycles. The van der Waals surface area contributed by atoms with E-state index in [0.717, 1.165) is 26.8 Å². The van der Waals surface area contributed by atoms with Gasteiger partial charge in [0.15, 0.2) is 0 Å². The SMILES string of the molecule is CC(NC(=O)CN(C)S(=O)(=O)c1ccc(Cl)s1)C(c1ccccc1)c1ccccc1. The van der Waals surface area contributed by atoms with Crippen molar-refractivity contribution in [2.24, 2.45) is 0 Å². The predicted molar refractivity (Wildman–Crippen MR) is 121 cm³/mol. The van der Waals surface area contributed by atoms with E-state index in [9.17, 15) is 13.2 Å². The van der Waals surface area contributed by atoms with Crippen molar-refractivity contribution < 1.29 is 13.2 Å². The Kier molecular flexibility index (Phi) is 7.31. The Bertz CT molecular complexity index is 1050. The van der Waals surface area contributed by atoms with Gasteiger partial charge in [-0.1, -0.05) is 72.3 Å². The van der Waals surface area contributed by atoms with Crippen LogP contribution < -0.4 is 5.32 Å². The molecule has 30 heavy (non-hydrogen) atoms. The van der Waals surface area contributed by atoms with Crippen molar-refractivity contribution in [3.05, 3.63) is 88.3 Å². The third-order valence-corrected chi connectivity index (χ3v) is 8.29. The number of carbonyl (C=O) groups excluding carboxylic acids is 1. The van der Waals surface area contributed by atoms with Crippen LogP contribution in [-0.4, -0.2) is 38.3 Å². The lowest BCUT2D eigenvalue weighted by atomic mass is 9.86. The van der Waals surface area contributed by atoms with Crippen LogP contribution in [0, 0.1) is 0 Å². The Morgan fingerprint density at radius 3 is 2.00 bits per heavy atom. The molecule has 0 spiro atoms. The normalized spacial score (nSPS) is 12.8. The van der Waals surface area contributed by atoms with Crippen molar-refractivity contribution in [2.45, 2.75) is 23.1 Å². The second-order valence-corrected chi connectivity index (χ2v) is 11.0. The van der Waals surface area contributed by atoms with E-state index in [-0.39, 0.29) is 28.6 Å². The first-order valence-electron chi connectivity index (χ1n) is 9.40. The number of hydrogen-bond acceptors (Lipinski definition) is 4. The lowest BCUT2D eigenvalue weighted by Crippen LogP contribution is -2.43. The first-order valence-corrected chi connectivity index (χ1v) is 12.0. The number of hydrogen-bond donors (Lipinski definition) is 1. The topological polar surface area (TPSA) is 66.5 Å².